The normalized spacial score (nSPS) is 24.2. The first kappa shape index (κ1) is 11.1. The molecule has 1 fully saturated rings. The number of rotatable bonds is 3. The van der Waals surface area contributed by atoms with E-state index in [1.807, 2.05) is 0 Å². The lowest BCUT2D eigenvalue weighted by Crippen LogP contribution is -2.37. The first-order valence-corrected chi connectivity index (χ1v) is 5.94. The number of carbonyl (C=O) groups is 2. The summed E-state index contributed by atoms with van der Waals surface area (Å²) in [6.45, 7) is 2.07. The Kier molecular flexibility index (Phi) is 3.19. The zero-order chi connectivity index (χ0) is 11.5. The van der Waals surface area contributed by atoms with Crippen LogP contribution in [-0.4, -0.2) is 29.5 Å². The molecule has 2 atom stereocenters. The molecule has 1 aliphatic heterocycles. The maximum Gasteiger partial charge on any atom is 0.329 e. The van der Waals surface area contributed by atoms with Crippen molar-refractivity contribution in [2.24, 2.45) is 0 Å². The van der Waals surface area contributed by atoms with Crippen LogP contribution >= 0.6 is 11.3 Å². The Morgan fingerprint density at radius 1 is 1.75 bits per heavy atom. The van der Waals surface area contributed by atoms with E-state index in [9.17, 15) is 9.59 Å². The maximum absolute atomic E-state index is 11.6. The molecule has 1 aliphatic rings. The molecule has 1 amide bonds. The van der Waals surface area contributed by atoms with Crippen LogP contribution in [0.15, 0.2) is 11.7 Å². The summed E-state index contributed by atoms with van der Waals surface area (Å²) in [5, 5.41) is 2.64. The van der Waals surface area contributed by atoms with E-state index in [1.54, 1.807) is 18.6 Å². The smallest absolute Gasteiger partial charge is 0.329 e. The molecule has 0 aliphatic carbocycles. The third kappa shape index (κ3) is 2.06. The largest absolute Gasteiger partial charge is 0.464 e. The Morgan fingerprint density at radius 3 is 3.19 bits per heavy atom. The van der Waals surface area contributed by atoms with Crippen LogP contribution in [0.1, 0.15) is 24.1 Å². The number of ether oxygens (including phenoxy) is 1. The minimum atomic E-state index is -0.562. The van der Waals surface area contributed by atoms with Crippen molar-refractivity contribution in [1.29, 1.82) is 0 Å². The number of thiazole rings is 1. The lowest BCUT2D eigenvalue weighted by Gasteiger charge is -2.15. The fourth-order valence-electron chi connectivity index (χ4n) is 1.78. The molecule has 86 valence electrons. The van der Waals surface area contributed by atoms with Crippen LogP contribution in [0, 0.1) is 0 Å². The Balaban J connectivity index is 2.16. The van der Waals surface area contributed by atoms with Crippen molar-refractivity contribution >= 4 is 23.2 Å². The fraction of sp³-hybridized carbons (Fsp3) is 0.500. The highest BCUT2D eigenvalue weighted by atomic mass is 32.1. The average molecular weight is 240 g/mol. The van der Waals surface area contributed by atoms with Crippen LogP contribution in [0.3, 0.4) is 0 Å². The summed E-state index contributed by atoms with van der Waals surface area (Å²) < 4.78 is 4.93. The topological polar surface area (TPSA) is 68.3 Å². The molecule has 1 aromatic heterocycles. The van der Waals surface area contributed by atoms with Crippen LogP contribution in [0.2, 0.25) is 0 Å². The van der Waals surface area contributed by atoms with Gasteiger partial charge in [-0.05, 0) is 6.92 Å². The number of carbonyl (C=O) groups excluding carboxylic acids is 2. The summed E-state index contributed by atoms with van der Waals surface area (Å²) >= 11 is 1.45. The second-order valence-electron chi connectivity index (χ2n) is 3.51. The number of aromatic nitrogens is 1. The second kappa shape index (κ2) is 4.61. The number of hydrogen-bond acceptors (Lipinski definition) is 5. The highest BCUT2D eigenvalue weighted by Gasteiger charge is 2.39. The second-order valence-corrected chi connectivity index (χ2v) is 4.43. The number of hydrogen-bond donors (Lipinski definition) is 1. The quantitative estimate of drug-likeness (QED) is 0.789. The van der Waals surface area contributed by atoms with E-state index in [1.165, 1.54) is 11.3 Å². The van der Waals surface area contributed by atoms with Crippen molar-refractivity contribution < 1.29 is 14.3 Å². The van der Waals surface area contributed by atoms with Crippen LogP contribution in [0.5, 0.6) is 0 Å². The van der Waals surface area contributed by atoms with E-state index in [2.05, 4.69) is 10.3 Å². The lowest BCUT2D eigenvalue weighted by molar-refractivity contribution is -0.146. The van der Waals surface area contributed by atoms with E-state index >= 15 is 0 Å². The zero-order valence-corrected chi connectivity index (χ0v) is 9.62. The Morgan fingerprint density at radius 2 is 2.56 bits per heavy atom. The molecular formula is C10H12N2O3S. The summed E-state index contributed by atoms with van der Waals surface area (Å²) in [5.74, 6) is -0.623. The van der Waals surface area contributed by atoms with Gasteiger partial charge < -0.3 is 10.1 Å². The van der Waals surface area contributed by atoms with Crippen LogP contribution < -0.4 is 5.32 Å². The van der Waals surface area contributed by atoms with Gasteiger partial charge in [0.25, 0.3) is 0 Å². The van der Waals surface area contributed by atoms with Crippen molar-refractivity contribution in [2.45, 2.75) is 25.3 Å². The van der Waals surface area contributed by atoms with Crippen molar-refractivity contribution in [1.82, 2.24) is 10.3 Å². The molecule has 2 rings (SSSR count). The molecule has 0 bridgehead atoms. The summed E-state index contributed by atoms with van der Waals surface area (Å²) in [6, 6.07) is -0.562. The van der Waals surface area contributed by atoms with Crippen LogP contribution in [-0.2, 0) is 14.3 Å². The molecule has 0 radical (unpaired) electrons. The third-order valence-corrected chi connectivity index (χ3v) is 3.39. The number of nitrogens with zero attached hydrogens (tertiary/aromatic N) is 1. The molecule has 0 saturated carbocycles. The van der Waals surface area contributed by atoms with Gasteiger partial charge in [-0.1, -0.05) is 0 Å². The molecule has 0 aromatic carbocycles. The zero-order valence-electron chi connectivity index (χ0n) is 8.80. The molecule has 2 heterocycles. The van der Waals surface area contributed by atoms with Crippen molar-refractivity contribution in [3.05, 3.63) is 16.6 Å². The predicted octanol–water partition coefficient (Wildman–Crippen LogP) is 0.678. The van der Waals surface area contributed by atoms with Crippen LogP contribution in [0.4, 0.5) is 0 Å². The van der Waals surface area contributed by atoms with Gasteiger partial charge in [0.1, 0.15) is 6.04 Å². The van der Waals surface area contributed by atoms with Gasteiger partial charge in [-0.3, -0.25) is 9.78 Å². The SMILES string of the molecule is CCOC(=O)C1NC(=O)CC1c1cncs1. The Labute approximate surface area is 96.8 Å². The van der Waals surface area contributed by atoms with Gasteiger partial charge in [-0.25, -0.2) is 4.79 Å². The minimum absolute atomic E-state index is 0.114. The Bertz CT molecular complexity index is 391. The minimum Gasteiger partial charge on any atom is -0.464 e. The third-order valence-electron chi connectivity index (χ3n) is 2.48. The van der Waals surface area contributed by atoms with Gasteiger partial charge in [0.05, 0.1) is 12.1 Å². The van der Waals surface area contributed by atoms with Gasteiger partial charge in [0, 0.05) is 23.4 Å². The van der Waals surface area contributed by atoms with E-state index in [0.29, 0.717) is 13.0 Å². The molecule has 1 N–H and O–H groups in total. The lowest BCUT2D eigenvalue weighted by atomic mass is 9.99. The summed E-state index contributed by atoms with van der Waals surface area (Å²) in [6.07, 6.45) is 2.02. The van der Waals surface area contributed by atoms with Gasteiger partial charge in [0.15, 0.2) is 0 Å². The van der Waals surface area contributed by atoms with Crippen LogP contribution in [0.25, 0.3) is 0 Å². The number of nitrogens with one attached hydrogen (secondary N) is 1. The van der Waals surface area contributed by atoms with E-state index in [-0.39, 0.29) is 17.8 Å². The van der Waals surface area contributed by atoms with Gasteiger partial charge in [-0.15, -0.1) is 11.3 Å². The highest BCUT2D eigenvalue weighted by Crippen LogP contribution is 2.31. The molecule has 2 unspecified atom stereocenters. The standard InChI is InChI=1S/C10H12N2O3S/c1-2-15-10(14)9-6(3-8(13)12-9)7-4-11-5-16-7/h4-6,9H,2-3H2,1H3,(H,12,13). The fourth-order valence-corrected chi connectivity index (χ4v) is 2.54. The maximum atomic E-state index is 11.6. The monoisotopic (exact) mass is 240 g/mol. The summed E-state index contributed by atoms with van der Waals surface area (Å²) in [4.78, 5) is 27.9. The molecule has 1 aromatic rings. The van der Waals surface area contributed by atoms with Gasteiger partial charge in [-0.2, -0.15) is 0 Å². The van der Waals surface area contributed by atoms with E-state index in [0.717, 1.165) is 4.88 Å². The predicted molar refractivity (Wildman–Crippen MR) is 58.0 cm³/mol. The van der Waals surface area contributed by atoms with E-state index in [4.69, 9.17) is 4.74 Å². The van der Waals surface area contributed by atoms with E-state index < -0.39 is 6.04 Å². The number of esters is 1. The van der Waals surface area contributed by atoms with Crippen molar-refractivity contribution in [3.63, 3.8) is 0 Å². The van der Waals surface area contributed by atoms with Gasteiger partial charge >= 0.3 is 5.97 Å². The Hall–Kier alpha value is -1.43. The first-order valence-electron chi connectivity index (χ1n) is 5.06. The van der Waals surface area contributed by atoms with Crippen molar-refractivity contribution in [3.8, 4) is 0 Å². The first-order chi connectivity index (χ1) is 7.72. The van der Waals surface area contributed by atoms with Gasteiger partial charge in [0.2, 0.25) is 5.91 Å². The van der Waals surface area contributed by atoms with Crippen molar-refractivity contribution in [2.75, 3.05) is 6.61 Å². The highest BCUT2D eigenvalue weighted by molar-refractivity contribution is 7.09. The number of amides is 1. The molecule has 0 spiro atoms. The molecule has 5 nitrogen and oxygen atoms in total. The molecular weight excluding hydrogens is 228 g/mol. The summed E-state index contributed by atoms with van der Waals surface area (Å²) in [5.41, 5.74) is 1.69. The average Bonchev–Trinajstić information content (AvgIpc) is 2.85. The molecule has 1 saturated heterocycles. The molecule has 16 heavy (non-hydrogen) atoms. The summed E-state index contributed by atoms with van der Waals surface area (Å²) in [7, 11) is 0. The molecule has 6 heteroatoms.